The van der Waals surface area contributed by atoms with Gasteiger partial charge in [0.1, 0.15) is 0 Å². The molecular formula is C17H37IN4O. The van der Waals surface area contributed by atoms with Crippen LogP contribution in [0.5, 0.6) is 0 Å². The summed E-state index contributed by atoms with van der Waals surface area (Å²) in [5, 5.41) is 6.96. The molecule has 138 valence electrons. The first-order chi connectivity index (χ1) is 10.7. The summed E-state index contributed by atoms with van der Waals surface area (Å²) in [6, 6.07) is 0. The Labute approximate surface area is 160 Å². The minimum atomic E-state index is 0. The molecule has 0 aromatic rings. The number of likely N-dealkylation sites (tertiary alicyclic amines) is 1. The van der Waals surface area contributed by atoms with Crippen LogP contribution in [-0.2, 0) is 4.74 Å². The zero-order valence-electron chi connectivity index (χ0n) is 15.4. The largest absolute Gasteiger partial charge is 0.383 e. The van der Waals surface area contributed by atoms with Gasteiger partial charge in [-0.3, -0.25) is 4.99 Å². The average Bonchev–Trinajstić information content (AvgIpc) is 2.57. The highest BCUT2D eigenvalue weighted by Crippen LogP contribution is 2.15. The zero-order valence-corrected chi connectivity index (χ0v) is 17.8. The molecule has 0 saturated carbocycles. The highest BCUT2D eigenvalue weighted by Gasteiger charge is 2.19. The van der Waals surface area contributed by atoms with Gasteiger partial charge in [-0.2, -0.15) is 0 Å². The summed E-state index contributed by atoms with van der Waals surface area (Å²) in [7, 11) is 3.63. The second-order valence-corrected chi connectivity index (χ2v) is 6.29. The molecule has 0 aliphatic carbocycles. The highest BCUT2D eigenvalue weighted by atomic mass is 127. The van der Waals surface area contributed by atoms with Gasteiger partial charge in [0.25, 0.3) is 0 Å². The Balaban J connectivity index is 0.00000484. The van der Waals surface area contributed by atoms with E-state index in [1.54, 1.807) is 7.11 Å². The summed E-state index contributed by atoms with van der Waals surface area (Å²) < 4.78 is 5.15. The average molecular weight is 440 g/mol. The van der Waals surface area contributed by atoms with E-state index < -0.39 is 0 Å². The van der Waals surface area contributed by atoms with Crippen molar-refractivity contribution >= 4 is 29.9 Å². The normalized spacial score (nSPS) is 17.2. The van der Waals surface area contributed by atoms with E-state index in [9.17, 15) is 0 Å². The fourth-order valence-corrected chi connectivity index (χ4v) is 2.91. The number of aliphatic imine (C=N–C) groups is 1. The number of nitrogens with one attached hydrogen (secondary N) is 2. The van der Waals surface area contributed by atoms with E-state index in [4.69, 9.17) is 4.74 Å². The summed E-state index contributed by atoms with van der Waals surface area (Å²) in [6.07, 6.45) is 4.97. The number of piperidine rings is 1. The van der Waals surface area contributed by atoms with E-state index >= 15 is 0 Å². The fourth-order valence-electron chi connectivity index (χ4n) is 2.91. The number of halogens is 1. The van der Waals surface area contributed by atoms with Gasteiger partial charge < -0.3 is 20.3 Å². The quantitative estimate of drug-likeness (QED) is 0.329. The number of hydrogen-bond donors (Lipinski definition) is 2. The number of guanidine groups is 1. The molecular weight excluding hydrogens is 403 g/mol. The van der Waals surface area contributed by atoms with Crippen LogP contribution in [0.25, 0.3) is 0 Å². The molecule has 1 heterocycles. The molecule has 0 aromatic carbocycles. The molecule has 1 aliphatic rings. The predicted molar refractivity (Wildman–Crippen MR) is 110 cm³/mol. The Kier molecular flexibility index (Phi) is 14.2. The smallest absolute Gasteiger partial charge is 0.190 e. The first-order valence-electron chi connectivity index (χ1n) is 8.89. The van der Waals surface area contributed by atoms with E-state index in [0.29, 0.717) is 0 Å². The predicted octanol–water partition coefficient (Wildman–Crippen LogP) is 2.56. The van der Waals surface area contributed by atoms with E-state index in [0.717, 1.165) is 44.0 Å². The summed E-state index contributed by atoms with van der Waals surface area (Å²) in [5.74, 6) is 2.45. The second-order valence-electron chi connectivity index (χ2n) is 6.29. The van der Waals surface area contributed by atoms with Gasteiger partial charge in [-0.25, -0.2) is 0 Å². The molecule has 0 bridgehead atoms. The van der Waals surface area contributed by atoms with Gasteiger partial charge in [0, 0.05) is 33.8 Å². The van der Waals surface area contributed by atoms with Gasteiger partial charge in [0.15, 0.2) is 5.96 Å². The first kappa shape index (κ1) is 22.9. The lowest BCUT2D eigenvalue weighted by Crippen LogP contribution is -2.44. The van der Waals surface area contributed by atoms with Crippen LogP contribution in [0.1, 0.15) is 39.5 Å². The van der Waals surface area contributed by atoms with E-state index in [1.165, 1.54) is 38.8 Å². The van der Waals surface area contributed by atoms with Crippen LogP contribution in [0.3, 0.4) is 0 Å². The molecule has 23 heavy (non-hydrogen) atoms. The maximum atomic E-state index is 5.15. The standard InChI is InChI=1S/C17H36N4O.HI/c1-5-15(6-2)13-19-17(18-3)20-14-16-7-9-21(10-8-16)11-12-22-4;/h15-16H,5-14H2,1-4H3,(H2,18,19,20);1H. The third-order valence-electron chi connectivity index (χ3n) is 4.81. The van der Waals surface area contributed by atoms with Crippen molar-refractivity contribution in [3.05, 3.63) is 0 Å². The molecule has 1 rings (SSSR count). The molecule has 0 unspecified atom stereocenters. The van der Waals surface area contributed by atoms with E-state index in [1.807, 2.05) is 7.05 Å². The van der Waals surface area contributed by atoms with Gasteiger partial charge in [0.05, 0.1) is 6.61 Å². The summed E-state index contributed by atoms with van der Waals surface area (Å²) in [4.78, 5) is 6.84. The summed E-state index contributed by atoms with van der Waals surface area (Å²) in [6.45, 7) is 10.8. The summed E-state index contributed by atoms with van der Waals surface area (Å²) >= 11 is 0. The first-order valence-corrected chi connectivity index (χ1v) is 8.89. The van der Waals surface area contributed by atoms with Gasteiger partial charge in [-0.1, -0.05) is 26.7 Å². The fraction of sp³-hybridized carbons (Fsp3) is 0.941. The SMILES string of the molecule is CCC(CC)CNC(=NC)NCC1CCN(CCOC)CC1.I. The Morgan fingerprint density at radius 2 is 1.87 bits per heavy atom. The number of methoxy groups -OCH3 is 1. The molecule has 0 radical (unpaired) electrons. The minimum absolute atomic E-state index is 0. The van der Waals surface area contributed by atoms with Crippen molar-refractivity contribution in [1.82, 2.24) is 15.5 Å². The van der Waals surface area contributed by atoms with Crippen molar-refractivity contribution in [3.63, 3.8) is 0 Å². The molecule has 0 aromatic heterocycles. The van der Waals surface area contributed by atoms with Crippen molar-refractivity contribution in [3.8, 4) is 0 Å². The second kappa shape index (κ2) is 14.3. The third kappa shape index (κ3) is 9.72. The molecule has 0 amide bonds. The lowest BCUT2D eigenvalue weighted by Gasteiger charge is -2.32. The number of ether oxygens (including phenoxy) is 1. The molecule has 1 fully saturated rings. The van der Waals surface area contributed by atoms with Crippen LogP contribution >= 0.6 is 24.0 Å². The van der Waals surface area contributed by atoms with Crippen molar-refractivity contribution in [1.29, 1.82) is 0 Å². The van der Waals surface area contributed by atoms with Crippen molar-refractivity contribution < 1.29 is 4.74 Å². The van der Waals surface area contributed by atoms with Crippen molar-refractivity contribution in [2.75, 3.05) is 53.5 Å². The van der Waals surface area contributed by atoms with Gasteiger partial charge >= 0.3 is 0 Å². The third-order valence-corrected chi connectivity index (χ3v) is 4.81. The number of rotatable bonds is 9. The van der Waals surface area contributed by atoms with E-state index in [2.05, 4.69) is 34.4 Å². The van der Waals surface area contributed by atoms with Gasteiger partial charge in [-0.15, -0.1) is 24.0 Å². The number of nitrogens with zero attached hydrogens (tertiary/aromatic N) is 2. The highest BCUT2D eigenvalue weighted by molar-refractivity contribution is 14.0. The monoisotopic (exact) mass is 440 g/mol. The van der Waals surface area contributed by atoms with Crippen LogP contribution < -0.4 is 10.6 Å². The van der Waals surface area contributed by atoms with E-state index in [-0.39, 0.29) is 24.0 Å². The van der Waals surface area contributed by atoms with Crippen molar-refractivity contribution in [2.45, 2.75) is 39.5 Å². The molecule has 0 spiro atoms. The minimum Gasteiger partial charge on any atom is -0.383 e. The molecule has 5 nitrogen and oxygen atoms in total. The molecule has 1 saturated heterocycles. The summed E-state index contributed by atoms with van der Waals surface area (Å²) in [5.41, 5.74) is 0. The Morgan fingerprint density at radius 1 is 1.22 bits per heavy atom. The van der Waals surface area contributed by atoms with Gasteiger partial charge in [-0.05, 0) is 37.8 Å². The van der Waals surface area contributed by atoms with Crippen LogP contribution in [-0.4, -0.2) is 64.3 Å². The maximum absolute atomic E-state index is 5.15. The van der Waals surface area contributed by atoms with Crippen molar-refractivity contribution in [2.24, 2.45) is 16.8 Å². The molecule has 6 heteroatoms. The Bertz CT molecular complexity index is 303. The van der Waals surface area contributed by atoms with Gasteiger partial charge in [0.2, 0.25) is 0 Å². The van der Waals surface area contributed by atoms with Crippen LogP contribution in [0.15, 0.2) is 4.99 Å². The lowest BCUT2D eigenvalue weighted by molar-refractivity contribution is 0.121. The van der Waals surface area contributed by atoms with Crippen LogP contribution in [0.4, 0.5) is 0 Å². The maximum Gasteiger partial charge on any atom is 0.190 e. The molecule has 1 aliphatic heterocycles. The Morgan fingerprint density at radius 3 is 2.39 bits per heavy atom. The number of hydrogen-bond acceptors (Lipinski definition) is 3. The Hall–Kier alpha value is -0.0800. The lowest BCUT2D eigenvalue weighted by atomic mass is 9.97. The van der Waals surface area contributed by atoms with Crippen LogP contribution in [0.2, 0.25) is 0 Å². The molecule has 0 atom stereocenters. The van der Waals surface area contributed by atoms with Crippen LogP contribution in [0, 0.1) is 11.8 Å². The zero-order chi connectivity index (χ0) is 16.2. The molecule has 2 N–H and O–H groups in total. The topological polar surface area (TPSA) is 48.9 Å².